The lowest BCUT2D eigenvalue weighted by atomic mass is 9.78. The monoisotopic (exact) mass is 294 g/mol. The minimum Gasteiger partial charge on any atom is -0.0840 e. The largest absolute Gasteiger partial charge is 0.0840 e. The Balaban J connectivity index is 0.000000204. The number of halogens is 1. The molecule has 20 heavy (non-hydrogen) atoms. The van der Waals surface area contributed by atoms with Crippen LogP contribution in [0.1, 0.15) is 76.3 Å². The molecule has 0 unspecified atom stereocenters. The minimum atomic E-state index is 0.795. The Morgan fingerprint density at radius 2 is 1.55 bits per heavy atom. The van der Waals surface area contributed by atoms with Gasteiger partial charge in [-0.15, -0.1) is 0 Å². The first-order chi connectivity index (χ1) is 9.53. The number of benzene rings is 1. The number of hydrogen-bond donors (Lipinski definition) is 0. The van der Waals surface area contributed by atoms with Gasteiger partial charge in [-0.05, 0) is 62.1 Å². The molecule has 0 N–H and O–H groups in total. The maximum absolute atomic E-state index is 5.81. The lowest BCUT2D eigenvalue weighted by Gasteiger charge is -2.27. The molecule has 1 aliphatic rings. The normalized spacial score (nSPS) is 16.6. The van der Waals surface area contributed by atoms with Gasteiger partial charge in [-0.2, -0.15) is 0 Å². The van der Waals surface area contributed by atoms with Crippen LogP contribution in [-0.2, 0) is 0 Å². The Labute approximate surface area is 130 Å². The Morgan fingerprint density at radius 3 is 1.95 bits per heavy atom. The summed E-state index contributed by atoms with van der Waals surface area (Å²) in [7, 11) is 0. The Hall–Kier alpha value is -0.490. The fourth-order valence-corrected chi connectivity index (χ4v) is 3.74. The van der Waals surface area contributed by atoms with Crippen molar-refractivity contribution in [3.05, 3.63) is 34.3 Å². The van der Waals surface area contributed by atoms with E-state index in [2.05, 4.69) is 19.9 Å². The van der Waals surface area contributed by atoms with Gasteiger partial charge in [0.05, 0.1) is 0 Å². The van der Waals surface area contributed by atoms with Crippen molar-refractivity contribution in [3.8, 4) is 0 Å². The summed E-state index contributed by atoms with van der Waals surface area (Å²) < 4.78 is 0. The molecule has 0 aliphatic heterocycles. The molecule has 1 saturated carbocycles. The van der Waals surface area contributed by atoms with Crippen LogP contribution in [0.4, 0.5) is 0 Å². The van der Waals surface area contributed by atoms with Crippen molar-refractivity contribution in [2.75, 3.05) is 0 Å². The third-order valence-electron chi connectivity index (χ3n) is 4.55. The second-order valence-corrected chi connectivity index (χ2v) is 6.87. The Bertz CT molecular complexity index is 381. The van der Waals surface area contributed by atoms with E-state index in [9.17, 15) is 0 Å². The predicted molar refractivity (Wildman–Crippen MR) is 91.6 cm³/mol. The summed E-state index contributed by atoms with van der Waals surface area (Å²) in [5.41, 5.74) is 3.15. The molecule has 114 valence electrons. The summed E-state index contributed by atoms with van der Waals surface area (Å²) in [6.45, 7) is 8.69. The average molecular weight is 295 g/mol. The molecule has 1 fully saturated rings. The van der Waals surface area contributed by atoms with E-state index in [4.69, 9.17) is 11.6 Å². The average Bonchev–Trinajstić information content (AvgIpc) is 2.85. The summed E-state index contributed by atoms with van der Waals surface area (Å²) in [4.78, 5) is 0. The van der Waals surface area contributed by atoms with Crippen LogP contribution < -0.4 is 0 Å². The molecule has 0 spiro atoms. The van der Waals surface area contributed by atoms with Crippen LogP contribution in [0.5, 0.6) is 0 Å². The van der Waals surface area contributed by atoms with Gasteiger partial charge in [-0.3, -0.25) is 0 Å². The van der Waals surface area contributed by atoms with Crippen molar-refractivity contribution in [1.82, 2.24) is 0 Å². The molecule has 1 heteroatoms. The fraction of sp³-hybridized carbons (Fsp3) is 0.684. The maximum atomic E-state index is 5.81. The third kappa shape index (κ3) is 5.48. The van der Waals surface area contributed by atoms with Crippen LogP contribution in [0.15, 0.2) is 18.2 Å². The van der Waals surface area contributed by atoms with Crippen LogP contribution in [0.3, 0.4) is 0 Å². The highest BCUT2D eigenvalue weighted by Crippen LogP contribution is 2.45. The summed E-state index contributed by atoms with van der Waals surface area (Å²) >= 11 is 5.81. The zero-order valence-corrected chi connectivity index (χ0v) is 14.5. The lowest BCUT2D eigenvalue weighted by Crippen LogP contribution is -2.15. The minimum absolute atomic E-state index is 0.795. The molecule has 0 saturated heterocycles. The highest BCUT2D eigenvalue weighted by atomic mass is 35.5. The predicted octanol–water partition coefficient (Wildman–Crippen LogP) is 7.10. The second-order valence-electron chi connectivity index (χ2n) is 6.46. The van der Waals surface area contributed by atoms with Gasteiger partial charge < -0.3 is 0 Å². The first-order valence-corrected chi connectivity index (χ1v) is 8.63. The summed E-state index contributed by atoms with van der Waals surface area (Å²) in [5.74, 6) is 0. The van der Waals surface area contributed by atoms with E-state index in [1.807, 2.05) is 26.0 Å². The smallest absolute Gasteiger partial charge is 0.0437 e. The number of hydrogen-bond acceptors (Lipinski definition) is 0. The zero-order valence-electron chi connectivity index (χ0n) is 13.8. The molecule has 0 amide bonds. The van der Waals surface area contributed by atoms with Crippen molar-refractivity contribution in [2.24, 2.45) is 5.41 Å². The summed E-state index contributed by atoms with van der Waals surface area (Å²) in [5, 5.41) is 0.856. The highest BCUT2D eigenvalue weighted by Gasteiger charge is 2.31. The van der Waals surface area contributed by atoms with Crippen molar-refractivity contribution in [3.63, 3.8) is 0 Å². The highest BCUT2D eigenvalue weighted by molar-refractivity contribution is 6.31. The van der Waals surface area contributed by atoms with Crippen LogP contribution in [0.2, 0.25) is 5.02 Å². The molecule has 0 atom stereocenters. The van der Waals surface area contributed by atoms with E-state index in [-0.39, 0.29) is 0 Å². The van der Waals surface area contributed by atoms with Crippen LogP contribution in [0, 0.1) is 19.3 Å². The van der Waals surface area contributed by atoms with Gasteiger partial charge in [0.25, 0.3) is 0 Å². The first-order valence-electron chi connectivity index (χ1n) is 8.26. The van der Waals surface area contributed by atoms with Gasteiger partial charge in [0, 0.05) is 5.02 Å². The van der Waals surface area contributed by atoms with Gasteiger partial charge in [-0.1, -0.05) is 63.3 Å². The summed E-state index contributed by atoms with van der Waals surface area (Å²) in [6, 6.07) is 6.05. The molecule has 0 bridgehead atoms. The number of rotatable bonds is 4. The molecular weight excluding hydrogens is 264 g/mol. The molecule has 0 heterocycles. The standard InChI is InChI=1S/C11H22.C8H9Cl/c1-3-7-11(8-4-2)9-5-6-10-11;1-6-3-4-7(2)8(9)5-6/h3-10H2,1-2H3;3-5H,1-2H3. The van der Waals surface area contributed by atoms with E-state index >= 15 is 0 Å². The van der Waals surface area contributed by atoms with Crippen LogP contribution in [-0.4, -0.2) is 0 Å². The Kier molecular flexibility index (Phi) is 7.66. The van der Waals surface area contributed by atoms with Crippen molar-refractivity contribution >= 4 is 11.6 Å². The van der Waals surface area contributed by atoms with Gasteiger partial charge in [-0.25, -0.2) is 0 Å². The zero-order chi connectivity index (χ0) is 15.0. The van der Waals surface area contributed by atoms with Crippen molar-refractivity contribution in [2.45, 2.75) is 79.1 Å². The topological polar surface area (TPSA) is 0 Å². The van der Waals surface area contributed by atoms with E-state index in [0.29, 0.717) is 0 Å². The van der Waals surface area contributed by atoms with E-state index < -0.39 is 0 Å². The van der Waals surface area contributed by atoms with Crippen molar-refractivity contribution < 1.29 is 0 Å². The molecule has 1 aromatic carbocycles. The number of aryl methyl sites for hydroxylation is 2. The van der Waals surface area contributed by atoms with Gasteiger partial charge in [0.2, 0.25) is 0 Å². The molecule has 0 nitrogen and oxygen atoms in total. The van der Waals surface area contributed by atoms with Gasteiger partial charge in [0.15, 0.2) is 0 Å². The first kappa shape index (κ1) is 17.6. The van der Waals surface area contributed by atoms with Crippen molar-refractivity contribution in [1.29, 1.82) is 0 Å². The molecule has 1 aromatic rings. The van der Waals surface area contributed by atoms with Crippen LogP contribution >= 0.6 is 11.6 Å². The molecular formula is C19H31Cl. The second kappa shape index (κ2) is 8.72. The third-order valence-corrected chi connectivity index (χ3v) is 4.96. The fourth-order valence-electron chi connectivity index (χ4n) is 3.51. The quantitative estimate of drug-likeness (QED) is 0.555. The summed E-state index contributed by atoms with van der Waals surface area (Å²) in [6.07, 6.45) is 11.8. The van der Waals surface area contributed by atoms with Crippen LogP contribution in [0.25, 0.3) is 0 Å². The lowest BCUT2D eigenvalue weighted by molar-refractivity contribution is 0.243. The Morgan fingerprint density at radius 1 is 1.00 bits per heavy atom. The maximum Gasteiger partial charge on any atom is 0.0437 e. The molecule has 0 aromatic heterocycles. The SMILES string of the molecule is CCCC1(CCC)CCCC1.Cc1ccc(C)c(Cl)c1. The van der Waals surface area contributed by atoms with E-state index in [1.54, 1.807) is 0 Å². The van der Waals surface area contributed by atoms with E-state index in [1.165, 1.54) is 56.9 Å². The molecule has 1 aliphatic carbocycles. The van der Waals surface area contributed by atoms with Gasteiger partial charge >= 0.3 is 0 Å². The molecule has 0 radical (unpaired) electrons. The van der Waals surface area contributed by atoms with E-state index in [0.717, 1.165) is 16.0 Å². The van der Waals surface area contributed by atoms with Gasteiger partial charge in [0.1, 0.15) is 0 Å². The molecule has 2 rings (SSSR count).